The van der Waals surface area contributed by atoms with Crippen LogP contribution >= 0.6 is 22.6 Å². The minimum absolute atomic E-state index is 0.00883. The predicted molar refractivity (Wildman–Crippen MR) is 158 cm³/mol. The number of nitrogens with zero attached hydrogens (tertiary/aromatic N) is 3. The molecular formula is C30H39F3IN3O4. The van der Waals surface area contributed by atoms with Gasteiger partial charge in [0, 0.05) is 25.3 Å². The van der Waals surface area contributed by atoms with Gasteiger partial charge in [0.05, 0.1) is 22.2 Å². The summed E-state index contributed by atoms with van der Waals surface area (Å²) in [5.74, 6) is -0.858. The number of aromatic nitrogens is 3. The first kappa shape index (κ1) is 33.1. The molecule has 0 saturated carbocycles. The Morgan fingerprint density at radius 1 is 1.10 bits per heavy atom. The molecule has 0 spiro atoms. The number of esters is 1. The van der Waals surface area contributed by atoms with E-state index in [0.29, 0.717) is 48.3 Å². The van der Waals surface area contributed by atoms with Crippen molar-refractivity contribution >= 4 is 28.6 Å². The van der Waals surface area contributed by atoms with Crippen molar-refractivity contribution in [2.24, 2.45) is 5.41 Å². The molecule has 0 amide bonds. The van der Waals surface area contributed by atoms with Gasteiger partial charge in [0.1, 0.15) is 11.3 Å². The predicted octanol–water partition coefficient (Wildman–Crippen LogP) is 8.41. The van der Waals surface area contributed by atoms with Crippen LogP contribution in [0.3, 0.4) is 0 Å². The molecule has 0 saturated heterocycles. The molecule has 0 bridgehead atoms. The van der Waals surface area contributed by atoms with Gasteiger partial charge in [-0.1, -0.05) is 56.3 Å². The minimum atomic E-state index is -4.68. The minimum Gasteiger partial charge on any atom is -0.460 e. The number of alkyl halides is 3. The Morgan fingerprint density at radius 2 is 1.78 bits per heavy atom. The van der Waals surface area contributed by atoms with E-state index in [9.17, 15) is 18.0 Å². The van der Waals surface area contributed by atoms with E-state index in [0.717, 1.165) is 5.56 Å². The van der Waals surface area contributed by atoms with E-state index in [4.69, 9.17) is 14.0 Å². The molecule has 0 radical (unpaired) electrons. The largest absolute Gasteiger partial charge is 0.460 e. The van der Waals surface area contributed by atoms with Crippen LogP contribution in [-0.4, -0.2) is 33.1 Å². The number of halogens is 4. The first-order valence-corrected chi connectivity index (χ1v) is 14.7. The Balaban J connectivity index is 1.83. The van der Waals surface area contributed by atoms with Crippen molar-refractivity contribution in [2.75, 3.05) is 6.61 Å². The SMILES string of the molecule is CC(C)(C)CCn1cc(-c2onc([C@@H](CCCOCc3ccccc3)CC(=O)OC(C)(C)C)c2I)c(C(F)(F)F)n1. The van der Waals surface area contributed by atoms with E-state index in [-0.39, 0.29) is 23.2 Å². The molecule has 2 heterocycles. The van der Waals surface area contributed by atoms with Crippen molar-refractivity contribution in [1.82, 2.24) is 14.9 Å². The lowest BCUT2D eigenvalue weighted by molar-refractivity contribution is -0.155. The van der Waals surface area contributed by atoms with E-state index >= 15 is 0 Å². The van der Waals surface area contributed by atoms with Gasteiger partial charge in [-0.3, -0.25) is 9.48 Å². The summed E-state index contributed by atoms with van der Waals surface area (Å²) in [6, 6.07) is 9.78. The summed E-state index contributed by atoms with van der Waals surface area (Å²) in [6.07, 6.45) is -1.54. The highest BCUT2D eigenvalue weighted by Gasteiger charge is 2.40. The highest BCUT2D eigenvalue weighted by atomic mass is 127. The number of benzene rings is 1. The summed E-state index contributed by atoms with van der Waals surface area (Å²) in [5, 5.41) is 8.02. The van der Waals surface area contributed by atoms with Crippen molar-refractivity contribution in [3.63, 3.8) is 0 Å². The van der Waals surface area contributed by atoms with E-state index in [1.807, 2.05) is 73.7 Å². The van der Waals surface area contributed by atoms with Crippen molar-refractivity contribution < 1.29 is 32.0 Å². The number of ether oxygens (including phenoxy) is 2. The zero-order valence-corrected chi connectivity index (χ0v) is 26.6. The lowest BCUT2D eigenvalue weighted by Crippen LogP contribution is -2.25. The van der Waals surface area contributed by atoms with Gasteiger partial charge < -0.3 is 14.0 Å². The number of carbonyl (C=O) groups excluding carboxylic acids is 1. The smallest absolute Gasteiger partial charge is 0.435 e. The summed E-state index contributed by atoms with van der Waals surface area (Å²) in [4.78, 5) is 12.8. The fraction of sp³-hybridized carbons (Fsp3) is 0.567. The maximum atomic E-state index is 14.0. The third kappa shape index (κ3) is 10.4. The first-order valence-electron chi connectivity index (χ1n) is 13.7. The summed E-state index contributed by atoms with van der Waals surface area (Å²) >= 11 is 1.95. The average Bonchev–Trinajstić information content (AvgIpc) is 3.44. The third-order valence-corrected chi connectivity index (χ3v) is 7.24. The average molecular weight is 690 g/mol. The fourth-order valence-corrected chi connectivity index (χ4v) is 5.12. The molecule has 0 aliphatic heterocycles. The monoisotopic (exact) mass is 689 g/mol. The molecule has 0 aliphatic rings. The molecule has 0 aliphatic carbocycles. The Kier molecular flexibility index (Phi) is 11.1. The third-order valence-electron chi connectivity index (χ3n) is 6.20. The zero-order chi connectivity index (χ0) is 30.4. The van der Waals surface area contributed by atoms with Gasteiger partial charge in [-0.05, 0) is 73.6 Å². The summed E-state index contributed by atoms with van der Waals surface area (Å²) in [7, 11) is 0. The summed E-state index contributed by atoms with van der Waals surface area (Å²) in [6.45, 7) is 12.6. The van der Waals surface area contributed by atoms with Crippen LogP contribution in [-0.2, 0) is 33.6 Å². The van der Waals surface area contributed by atoms with Gasteiger partial charge >= 0.3 is 12.1 Å². The molecule has 1 aromatic carbocycles. The first-order chi connectivity index (χ1) is 19.0. The highest BCUT2D eigenvalue weighted by Crippen LogP contribution is 2.41. The van der Waals surface area contributed by atoms with Gasteiger partial charge in [0.2, 0.25) is 0 Å². The van der Waals surface area contributed by atoms with E-state index < -0.39 is 29.4 Å². The van der Waals surface area contributed by atoms with Gasteiger partial charge in [0.15, 0.2) is 11.5 Å². The van der Waals surface area contributed by atoms with Gasteiger partial charge in [0.25, 0.3) is 0 Å². The number of rotatable bonds is 12. The van der Waals surface area contributed by atoms with Crippen LogP contribution in [0.25, 0.3) is 11.3 Å². The molecule has 3 rings (SSSR count). The molecule has 0 N–H and O–H groups in total. The zero-order valence-electron chi connectivity index (χ0n) is 24.5. The quantitative estimate of drug-likeness (QED) is 0.108. The van der Waals surface area contributed by atoms with E-state index in [1.54, 1.807) is 20.8 Å². The van der Waals surface area contributed by atoms with E-state index in [1.165, 1.54) is 10.9 Å². The topological polar surface area (TPSA) is 79.4 Å². The molecule has 3 aromatic rings. The summed E-state index contributed by atoms with van der Waals surface area (Å²) in [5.41, 5.74) is -0.465. The number of carbonyl (C=O) groups is 1. The molecule has 226 valence electrons. The lowest BCUT2D eigenvalue weighted by Gasteiger charge is -2.21. The van der Waals surface area contributed by atoms with Gasteiger partial charge in [-0.25, -0.2) is 0 Å². The maximum absolute atomic E-state index is 14.0. The molecule has 2 aromatic heterocycles. The Bertz CT molecular complexity index is 1270. The number of hydrogen-bond donors (Lipinski definition) is 0. The van der Waals surface area contributed by atoms with Crippen molar-refractivity contribution in [3.05, 3.63) is 57.1 Å². The summed E-state index contributed by atoms with van der Waals surface area (Å²) < 4.78 is 60.6. The fourth-order valence-electron chi connectivity index (χ4n) is 4.19. The van der Waals surface area contributed by atoms with E-state index in [2.05, 4.69) is 10.3 Å². The maximum Gasteiger partial charge on any atom is 0.435 e. The Labute approximate surface area is 253 Å². The van der Waals surface area contributed by atoms with Crippen molar-refractivity contribution in [2.45, 2.75) is 98.1 Å². The molecular weight excluding hydrogens is 650 g/mol. The van der Waals surface area contributed by atoms with Crippen LogP contribution < -0.4 is 0 Å². The van der Waals surface area contributed by atoms with Gasteiger partial charge in [-0.2, -0.15) is 18.3 Å². The highest BCUT2D eigenvalue weighted by molar-refractivity contribution is 14.1. The van der Waals surface area contributed by atoms with Crippen LogP contribution in [0.1, 0.15) is 90.1 Å². The second kappa shape index (κ2) is 13.7. The van der Waals surface area contributed by atoms with Crippen molar-refractivity contribution in [1.29, 1.82) is 0 Å². The van der Waals surface area contributed by atoms with Crippen LogP contribution in [0, 0.1) is 8.99 Å². The Morgan fingerprint density at radius 3 is 2.39 bits per heavy atom. The van der Waals surface area contributed by atoms with Crippen LogP contribution in [0.2, 0.25) is 0 Å². The second-order valence-electron chi connectivity index (χ2n) is 12.3. The second-order valence-corrected chi connectivity index (χ2v) is 13.4. The normalized spacial score (nSPS) is 13.4. The molecule has 7 nitrogen and oxygen atoms in total. The van der Waals surface area contributed by atoms with Crippen LogP contribution in [0.5, 0.6) is 0 Å². The molecule has 1 atom stereocenters. The lowest BCUT2D eigenvalue weighted by atomic mass is 9.92. The molecule has 0 fully saturated rings. The standard InChI is InChI=1S/C30H39F3IN3O4/c1-28(2,3)14-15-37-18-22(27(35-37)30(31,32)33)26-24(34)25(36-41-26)21(17-23(38)40-29(4,5)6)13-10-16-39-19-20-11-8-7-9-12-20/h7-9,11-12,18,21H,10,13-17,19H2,1-6H3/t21-/m0/s1. The molecule has 41 heavy (non-hydrogen) atoms. The Hall–Kier alpha value is -2.41. The number of hydrogen-bond acceptors (Lipinski definition) is 6. The van der Waals surface area contributed by atoms with Crippen LogP contribution in [0.15, 0.2) is 41.1 Å². The van der Waals surface area contributed by atoms with Gasteiger partial charge in [-0.15, -0.1) is 0 Å². The molecule has 11 heteroatoms. The number of aryl methyl sites for hydroxylation is 1. The van der Waals surface area contributed by atoms with Crippen LogP contribution in [0.4, 0.5) is 13.2 Å². The molecule has 0 unspecified atom stereocenters. The van der Waals surface area contributed by atoms with Crippen molar-refractivity contribution in [3.8, 4) is 11.3 Å².